The molecule has 5 heteroatoms. The van der Waals surface area contributed by atoms with Crippen molar-refractivity contribution in [2.75, 3.05) is 18.9 Å². The van der Waals surface area contributed by atoms with E-state index in [1.54, 1.807) is 6.20 Å². The highest BCUT2D eigenvalue weighted by molar-refractivity contribution is 6.45. The highest BCUT2D eigenvalue weighted by atomic mass is 14.8. The smallest absolute Gasteiger partial charge is 0.282 e. The first-order chi connectivity index (χ1) is 15.1. The predicted octanol–water partition coefficient (Wildman–Crippen LogP) is 5.74. The summed E-state index contributed by atoms with van der Waals surface area (Å²) in [5.74, 6) is 0.144. The van der Waals surface area contributed by atoms with Crippen LogP contribution in [0.25, 0.3) is 0 Å². The molecule has 0 aromatic heterocycles. The molecule has 0 fully saturated rings. The summed E-state index contributed by atoms with van der Waals surface area (Å²) >= 11 is 0. The third kappa shape index (κ3) is 10.1. The first-order valence-corrected chi connectivity index (χ1v) is 10.3. The number of hydrogen-bond acceptors (Lipinski definition) is 4. The second-order valence-electron chi connectivity index (χ2n) is 6.61. The molecule has 0 aliphatic carbocycles. The van der Waals surface area contributed by atoms with E-state index >= 15 is 0 Å². The predicted molar refractivity (Wildman–Crippen MR) is 146 cm³/mol. The van der Waals surface area contributed by atoms with Crippen molar-refractivity contribution in [3.63, 3.8) is 0 Å². The Hall–Kier alpha value is -3.31. The summed E-state index contributed by atoms with van der Waals surface area (Å²) in [5, 5.41) is 6.15. The van der Waals surface area contributed by atoms with E-state index in [1.807, 2.05) is 95.4 Å². The lowest BCUT2D eigenvalue weighted by Crippen LogP contribution is -2.19. The van der Waals surface area contributed by atoms with Gasteiger partial charge in [-0.3, -0.25) is 4.99 Å². The van der Waals surface area contributed by atoms with Gasteiger partial charge in [-0.25, -0.2) is 0 Å². The number of nitrogens with one attached hydrogen (secondary N) is 2. The van der Waals surface area contributed by atoms with Crippen LogP contribution in [0.2, 0.25) is 0 Å². The maximum absolute atomic E-state index is 5.73. The minimum Gasteiger partial charge on any atom is -0.434 e. The molecule has 0 amide bonds. The van der Waals surface area contributed by atoms with Gasteiger partial charge in [-0.2, -0.15) is 0 Å². The molecule has 0 bridgehead atoms. The summed E-state index contributed by atoms with van der Waals surface area (Å²) in [7, 11) is 3.88. The van der Waals surface area contributed by atoms with Crippen LogP contribution in [0.3, 0.4) is 0 Å². The van der Waals surface area contributed by atoms with Crippen molar-refractivity contribution < 1.29 is 0 Å². The molecular formula is C27H38BN4. The van der Waals surface area contributed by atoms with Crippen molar-refractivity contribution in [2.24, 2.45) is 16.6 Å². The van der Waals surface area contributed by atoms with Gasteiger partial charge in [-0.15, -0.1) is 6.58 Å². The Morgan fingerprint density at radius 1 is 1.22 bits per heavy atom. The van der Waals surface area contributed by atoms with Crippen LogP contribution in [-0.4, -0.2) is 27.2 Å². The van der Waals surface area contributed by atoms with E-state index in [2.05, 4.69) is 40.8 Å². The Bertz CT molecular complexity index is 871. The van der Waals surface area contributed by atoms with E-state index in [9.17, 15) is 0 Å². The number of aliphatic imine (C=N–C) groups is 1. The van der Waals surface area contributed by atoms with Gasteiger partial charge in [0.25, 0.3) is 7.41 Å². The zero-order valence-corrected chi connectivity index (χ0v) is 18.9. The molecule has 4 N–H and O–H groups in total. The van der Waals surface area contributed by atoms with Crippen molar-refractivity contribution in [2.45, 2.75) is 21.3 Å². The largest absolute Gasteiger partial charge is 0.434 e. The second kappa shape index (κ2) is 17.4. The van der Waals surface area contributed by atoms with E-state index < -0.39 is 0 Å². The number of hydrogen-bond donors (Lipinski definition) is 3. The van der Waals surface area contributed by atoms with Crippen LogP contribution in [-0.2, 0) is 0 Å². The molecule has 1 heterocycles. The topological polar surface area (TPSA) is 62.4 Å². The molecule has 169 valence electrons. The van der Waals surface area contributed by atoms with Gasteiger partial charge in [0, 0.05) is 37.6 Å². The molecule has 2 rings (SSSR count). The fourth-order valence-electron chi connectivity index (χ4n) is 2.73. The molecular weight excluding hydrogens is 391 g/mol. The van der Waals surface area contributed by atoms with E-state index in [-0.39, 0.29) is 13.3 Å². The molecule has 0 spiro atoms. The number of nitrogens with zero attached hydrogens (tertiary/aromatic N) is 1. The van der Waals surface area contributed by atoms with Gasteiger partial charge < -0.3 is 16.3 Å². The molecule has 0 saturated carbocycles. The number of allylic oxidation sites excluding steroid dienone is 8. The van der Waals surface area contributed by atoms with Crippen LogP contribution in [0.5, 0.6) is 0 Å². The molecule has 1 unspecified atom stereocenters. The first kappa shape index (κ1) is 28.7. The molecule has 1 aromatic carbocycles. The van der Waals surface area contributed by atoms with E-state index in [1.165, 1.54) is 0 Å². The average Bonchev–Trinajstić information content (AvgIpc) is 2.81. The molecule has 1 aliphatic rings. The standard InChI is InChI=1S/C15H20BN2.C11H14N2.CH4/c1-4-7-15-14(8-9-18-16-15)10-12(5-2)13(6-3)11-17;1-3-8-13-9-10-4-6-11(12-2)7-5-10;/h4-10,13,18H,2-3,11,17H2,1H3;3-9,12H,1-2H3;1H4/b7-4-,12-10+;8-3-,13-9?;. The Kier molecular flexibility index (Phi) is 15.6. The Labute approximate surface area is 196 Å². The first-order valence-electron chi connectivity index (χ1n) is 10.3. The van der Waals surface area contributed by atoms with E-state index in [0.717, 1.165) is 27.9 Å². The molecule has 1 atom stereocenters. The van der Waals surface area contributed by atoms with Gasteiger partial charge >= 0.3 is 0 Å². The SMILES string of the molecule is C.C/C=C\N=Cc1ccc(NC)cc1.C=C/C(=C\C1=C(/C=C\C)[B]NC=C1)C(C=C)CN. The molecule has 1 aliphatic heterocycles. The number of benzene rings is 1. The zero-order valence-electron chi connectivity index (χ0n) is 18.9. The van der Waals surface area contributed by atoms with E-state index in [4.69, 9.17) is 5.73 Å². The Morgan fingerprint density at radius 2 is 1.94 bits per heavy atom. The van der Waals surface area contributed by atoms with Crippen molar-refractivity contribution in [3.05, 3.63) is 115 Å². The third-order valence-electron chi connectivity index (χ3n) is 4.46. The van der Waals surface area contributed by atoms with Crippen LogP contribution in [0.15, 0.2) is 114 Å². The Morgan fingerprint density at radius 3 is 2.47 bits per heavy atom. The van der Waals surface area contributed by atoms with Crippen molar-refractivity contribution in [1.82, 2.24) is 5.23 Å². The van der Waals surface area contributed by atoms with Crippen LogP contribution < -0.4 is 16.3 Å². The summed E-state index contributed by atoms with van der Waals surface area (Å²) in [6.45, 7) is 12.2. The fraction of sp³-hybridized carbons (Fsp3) is 0.222. The minimum atomic E-state index is 0. The molecule has 1 aromatic rings. The van der Waals surface area contributed by atoms with Crippen molar-refractivity contribution >= 4 is 19.3 Å². The van der Waals surface area contributed by atoms with Gasteiger partial charge in [-0.05, 0) is 55.0 Å². The second-order valence-corrected chi connectivity index (χ2v) is 6.61. The lowest BCUT2D eigenvalue weighted by molar-refractivity contribution is 0.789. The maximum Gasteiger partial charge on any atom is 0.282 e. The molecule has 0 saturated heterocycles. The summed E-state index contributed by atoms with van der Waals surface area (Å²) in [5.41, 5.74) is 11.3. The quantitative estimate of drug-likeness (QED) is 0.203. The van der Waals surface area contributed by atoms with Gasteiger partial charge in [0.2, 0.25) is 0 Å². The summed E-state index contributed by atoms with van der Waals surface area (Å²) in [4.78, 5) is 4.09. The average molecular weight is 429 g/mol. The van der Waals surface area contributed by atoms with Crippen molar-refractivity contribution in [1.29, 1.82) is 0 Å². The monoisotopic (exact) mass is 429 g/mol. The lowest BCUT2D eigenvalue weighted by Gasteiger charge is -2.15. The van der Waals surface area contributed by atoms with Crippen LogP contribution >= 0.6 is 0 Å². The van der Waals surface area contributed by atoms with Gasteiger partial charge in [0.15, 0.2) is 0 Å². The lowest BCUT2D eigenvalue weighted by atomic mass is 9.76. The molecule has 4 nitrogen and oxygen atoms in total. The summed E-state index contributed by atoms with van der Waals surface area (Å²) in [6.07, 6.45) is 19.3. The van der Waals surface area contributed by atoms with Crippen LogP contribution in [0.1, 0.15) is 26.8 Å². The van der Waals surface area contributed by atoms with Gasteiger partial charge in [0.1, 0.15) is 0 Å². The third-order valence-corrected chi connectivity index (χ3v) is 4.46. The van der Waals surface area contributed by atoms with E-state index in [0.29, 0.717) is 6.54 Å². The number of nitrogens with two attached hydrogens (primary N) is 1. The van der Waals surface area contributed by atoms with Crippen molar-refractivity contribution in [3.8, 4) is 0 Å². The van der Waals surface area contributed by atoms with Gasteiger partial charge in [-0.1, -0.05) is 68.1 Å². The summed E-state index contributed by atoms with van der Waals surface area (Å²) in [6, 6.07) is 8.10. The minimum absolute atomic E-state index is 0. The number of rotatable bonds is 9. The van der Waals surface area contributed by atoms with Gasteiger partial charge in [0.05, 0.1) is 0 Å². The van der Waals surface area contributed by atoms with Crippen LogP contribution in [0, 0.1) is 5.92 Å². The number of anilines is 1. The highest BCUT2D eigenvalue weighted by Crippen LogP contribution is 2.19. The normalized spacial score (nSPS) is 14.3. The molecule has 32 heavy (non-hydrogen) atoms. The highest BCUT2D eigenvalue weighted by Gasteiger charge is 2.09. The fourth-order valence-corrected chi connectivity index (χ4v) is 2.73. The summed E-state index contributed by atoms with van der Waals surface area (Å²) < 4.78 is 0. The van der Waals surface area contributed by atoms with Crippen LogP contribution in [0.4, 0.5) is 5.69 Å². The maximum atomic E-state index is 5.73. The molecule has 1 radical (unpaired) electrons. The Balaban J connectivity index is 0.000000611. The zero-order chi connectivity index (χ0) is 22.9.